The summed E-state index contributed by atoms with van der Waals surface area (Å²) in [6.07, 6.45) is 1.92. The Bertz CT molecular complexity index is 353. The van der Waals surface area contributed by atoms with E-state index in [1.165, 1.54) is 0 Å². The van der Waals surface area contributed by atoms with Gasteiger partial charge in [-0.25, -0.2) is 4.98 Å². The number of ether oxygens (including phenoxy) is 1. The van der Waals surface area contributed by atoms with Gasteiger partial charge in [-0.3, -0.25) is 9.78 Å². The highest BCUT2D eigenvalue weighted by molar-refractivity contribution is 15.0. The number of halogens is 2. The molecule has 2 unspecified atom stereocenters. The van der Waals surface area contributed by atoms with Gasteiger partial charge in [0, 0.05) is 37.2 Å². The van der Waals surface area contributed by atoms with Crippen LogP contribution in [0.3, 0.4) is 0 Å². The second-order valence-electron chi connectivity index (χ2n) is 3.33. The van der Waals surface area contributed by atoms with Gasteiger partial charge in [0.1, 0.15) is 11.9 Å². The van der Waals surface area contributed by atoms with Gasteiger partial charge >= 0.3 is 0 Å². The number of hydrogen-bond donors (Lipinski definition) is 1. The largest absolute Gasteiger partial charge is 0.365 e. The van der Waals surface area contributed by atoms with Crippen molar-refractivity contribution in [2.75, 3.05) is 0 Å². The zero-order valence-corrected chi connectivity index (χ0v) is 13.0. The molecule has 1 aliphatic rings. The highest BCUT2D eigenvalue weighted by Crippen LogP contribution is 2.36. The molecule has 1 fully saturated rings. The van der Waals surface area contributed by atoms with Gasteiger partial charge in [-0.05, 0) is 26.1 Å². The lowest BCUT2D eigenvalue weighted by atomic mass is 10.1. The Hall–Kier alpha value is 0.780. The summed E-state index contributed by atoms with van der Waals surface area (Å²) in [5.74, 6) is 0. The molecule has 14 heavy (non-hydrogen) atoms. The van der Waals surface area contributed by atoms with Crippen molar-refractivity contribution in [2.45, 2.75) is 32.1 Å². The minimum atomic E-state index is -0.0508. The Morgan fingerprint density at radius 3 is 2.71 bits per heavy atom. The Morgan fingerprint density at radius 1 is 1.79 bits per heavy atom. The molecule has 0 saturated carbocycles. The van der Waals surface area contributed by atoms with Crippen molar-refractivity contribution in [3.05, 3.63) is 11.1 Å². The van der Waals surface area contributed by atoms with E-state index in [0.717, 1.165) is 6.54 Å². The molecule has 1 aromatic heterocycles. The van der Waals surface area contributed by atoms with E-state index < -0.39 is 0 Å². The first-order valence-corrected chi connectivity index (χ1v) is 10.7. The van der Waals surface area contributed by atoms with E-state index >= 15 is 0 Å². The lowest BCUT2D eigenvalue weighted by Gasteiger charge is -2.05. The summed E-state index contributed by atoms with van der Waals surface area (Å²) in [4.78, 5) is 3.92. The molecule has 0 amide bonds. The molecule has 0 aromatic carbocycles. The Kier molecular flexibility index (Phi) is 4.78. The summed E-state index contributed by atoms with van der Waals surface area (Å²) in [5.41, 5.74) is -0.0508. The van der Waals surface area contributed by atoms with Gasteiger partial charge in [0.05, 0.1) is 12.6 Å². The maximum atomic E-state index is 5.42. The second-order valence-corrected chi connectivity index (χ2v) is 3.69. The number of H-pyrrole nitrogens is 1. The molecule has 2 atom stereocenters. The molecule has 1 N–H and O–H groups in total. The van der Waals surface area contributed by atoms with Gasteiger partial charge in [0.15, 0.2) is 0 Å². The molecule has 1 saturated heterocycles. The van der Waals surface area contributed by atoms with Crippen LogP contribution in [0.25, 0.3) is 0 Å². The first-order valence-electron chi connectivity index (χ1n) is 4.04. The third kappa shape index (κ3) is 2.89. The van der Waals surface area contributed by atoms with Gasteiger partial charge in [-0.1, -0.05) is 0 Å². The fourth-order valence-electron chi connectivity index (χ4n) is 1.24. The van der Waals surface area contributed by atoms with Gasteiger partial charge in [0.2, 0.25) is 4.77 Å². The van der Waals surface area contributed by atoms with Crippen molar-refractivity contribution < 1.29 is 4.74 Å². The van der Waals surface area contributed by atoms with Crippen LogP contribution in [-0.2, 0) is 11.3 Å². The van der Waals surface area contributed by atoms with E-state index in [4.69, 9.17) is 17.0 Å². The van der Waals surface area contributed by atoms with E-state index in [-0.39, 0.29) is 5.60 Å². The lowest BCUT2D eigenvalue weighted by molar-refractivity contribution is 0.277. The molecule has 7 heteroatoms. The maximum Gasteiger partial charge on any atom is 0.215 e. The number of rotatable bonds is 2. The van der Waals surface area contributed by atoms with Crippen LogP contribution in [0, 0.1) is 4.77 Å². The molecular weight excluding hydrogens is 428 g/mol. The number of nitrogens with zero attached hydrogens (tertiary/aromatic N) is 2. The van der Waals surface area contributed by atoms with Gasteiger partial charge in [0.25, 0.3) is 0 Å². The van der Waals surface area contributed by atoms with Crippen molar-refractivity contribution in [3.8, 4) is 0 Å². The van der Waals surface area contributed by atoms with Crippen LogP contribution < -0.4 is 0 Å². The van der Waals surface area contributed by atoms with Crippen LogP contribution in [0.5, 0.6) is 0 Å². The van der Waals surface area contributed by atoms with Crippen LogP contribution in [0.4, 0.5) is 0 Å². The predicted molar refractivity (Wildman–Crippen MR) is 74.4 cm³/mol. The summed E-state index contributed by atoms with van der Waals surface area (Å²) in [5, 5.41) is 2.94. The van der Waals surface area contributed by atoms with Crippen molar-refractivity contribution >= 4 is 49.4 Å². The Morgan fingerprint density at radius 2 is 2.36 bits per heavy atom. The van der Waals surface area contributed by atoms with Crippen molar-refractivity contribution in [3.63, 3.8) is 0 Å². The SMILES string of the molecule is CC1OC1(C)Cn1[nH]cnc1=S.II. The van der Waals surface area contributed by atoms with Gasteiger partial charge in [-0.15, -0.1) is 0 Å². The number of hydrogen-bond acceptors (Lipinski definition) is 3. The summed E-state index contributed by atoms with van der Waals surface area (Å²) in [6.45, 7) is 4.88. The number of aromatic amines is 1. The molecule has 0 bridgehead atoms. The fraction of sp³-hybridized carbons (Fsp3) is 0.714. The summed E-state index contributed by atoms with van der Waals surface area (Å²) >= 11 is 9.22. The predicted octanol–water partition coefficient (Wildman–Crippen LogP) is 2.89. The average molecular weight is 439 g/mol. The third-order valence-corrected chi connectivity index (χ3v) is 2.67. The minimum absolute atomic E-state index is 0.0508. The third-order valence-electron chi connectivity index (χ3n) is 2.34. The molecule has 1 aromatic rings. The molecule has 0 spiro atoms. The topological polar surface area (TPSA) is 46.1 Å². The van der Waals surface area contributed by atoms with E-state index in [1.54, 1.807) is 6.33 Å². The second kappa shape index (κ2) is 5.21. The zero-order chi connectivity index (χ0) is 10.8. The van der Waals surface area contributed by atoms with Crippen molar-refractivity contribution in [2.24, 2.45) is 0 Å². The normalized spacial score (nSPS) is 29.3. The molecule has 2 rings (SSSR count). The Labute approximate surface area is 111 Å². The van der Waals surface area contributed by atoms with E-state index in [2.05, 4.69) is 61.2 Å². The molecule has 0 aliphatic carbocycles. The van der Waals surface area contributed by atoms with Gasteiger partial charge in [-0.2, -0.15) is 0 Å². The molecule has 0 radical (unpaired) electrons. The highest BCUT2D eigenvalue weighted by atomic mass is 128. The fourth-order valence-corrected chi connectivity index (χ4v) is 1.41. The van der Waals surface area contributed by atoms with Crippen LogP contribution in [0.2, 0.25) is 0 Å². The van der Waals surface area contributed by atoms with E-state index in [9.17, 15) is 0 Å². The van der Waals surface area contributed by atoms with Crippen molar-refractivity contribution in [1.82, 2.24) is 14.8 Å². The molecule has 4 nitrogen and oxygen atoms in total. The van der Waals surface area contributed by atoms with Gasteiger partial charge < -0.3 is 4.74 Å². The highest BCUT2D eigenvalue weighted by Gasteiger charge is 2.49. The summed E-state index contributed by atoms with van der Waals surface area (Å²) in [6, 6.07) is 0. The standard InChI is InChI=1S/C7H11N3OS.I2/c1-5-7(2,11-5)3-10-6(12)8-4-9-10;1-2/h4-5H,3H2,1-2H3,(H,8,9,12);. The number of aromatic nitrogens is 3. The molecule has 2 heterocycles. The average Bonchev–Trinajstić information content (AvgIpc) is 2.57. The quantitative estimate of drug-likeness (QED) is 0.438. The van der Waals surface area contributed by atoms with Crippen molar-refractivity contribution in [1.29, 1.82) is 0 Å². The molecular formula is C7H11I2N3OS. The lowest BCUT2D eigenvalue weighted by Crippen LogP contribution is -2.18. The smallest absolute Gasteiger partial charge is 0.215 e. The van der Waals surface area contributed by atoms with E-state index in [1.807, 2.05) is 4.68 Å². The maximum absolute atomic E-state index is 5.42. The number of nitrogens with one attached hydrogen (secondary N) is 1. The molecule has 1 aliphatic heterocycles. The van der Waals surface area contributed by atoms with E-state index in [0.29, 0.717) is 10.9 Å². The van der Waals surface area contributed by atoms with Crippen LogP contribution in [0.1, 0.15) is 13.8 Å². The first kappa shape index (κ1) is 12.8. The minimum Gasteiger partial charge on any atom is -0.365 e. The van der Waals surface area contributed by atoms with Crippen LogP contribution >= 0.6 is 49.4 Å². The number of epoxide rings is 1. The zero-order valence-electron chi connectivity index (χ0n) is 7.83. The van der Waals surface area contributed by atoms with Crippen LogP contribution in [0.15, 0.2) is 6.33 Å². The Balaban J connectivity index is 0.000000461. The molecule has 80 valence electrons. The first-order chi connectivity index (χ1) is 6.62. The van der Waals surface area contributed by atoms with Crippen LogP contribution in [-0.4, -0.2) is 26.5 Å². The summed E-state index contributed by atoms with van der Waals surface area (Å²) in [7, 11) is 0. The summed E-state index contributed by atoms with van der Waals surface area (Å²) < 4.78 is 7.82. The monoisotopic (exact) mass is 439 g/mol.